The lowest BCUT2D eigenvalue weighted by molar-refractivity contribution is -0.137. The van der Waals surface area contributed by atoms with Crippen molar-refractivity contribution in [1.82, 2.24) is 15.2 Å². The number of benzene rings is 2. The zero-order valence-corrected chi connectivity index (χ0v) is 21.4. The molecule has 7 nitrogen and oxygen atoms in total. The summed E-state index contributed by atoms with van der Waals surface area (Å²) < 4.78 is 39.1. The highest BCUT2D eigenvalue weighted by Gasteiger charge is 2.35. The molecule has 38 heavy (non-hydrogen) atoms. The van der Waals surface area contributed by atoms with E-state index in [-0.39, 0.29) is 18.9 Å². The first-order valence-electron chi connectivity index (χ1n) is 12.7. The Morgan fingerprint density at radius 3 is 2.45 bits per heavy atom. The van der Waals surface area contributed by atoms with Gasteiger partial charge in [0.25, 0.3) is 0 Å². The summed E-state index contributed by atoms with van der Waals surface area (Å²) in [4.78, 5) is 31.6. The zero-order chi connectivity index (χ0) is 27.5. The first kappa shape index (κ1) is 27.5. The Bertz CT molecular complexity index is 1320. The van der Waals surface area contributed by atoms with E-state index in [4.69, 9.17) is 0 Å². The molecule has 0 spiro atoms. The summed E-state index contributed by atoms with van der Waals surface area (Å²) >= 11 is 0. The van der Waals surface area contributed by atoms with E-state index in [2.05, 4.69) is 10.3 Å². The molecule has 0 bridgehead atoms. The van der Waals surface area contributed by atoms with E-state index in [1.165, 1.54) is 17.0 Å². The fraction of sp³-hybridized carbons (Fsp3) is 0.393. The minimum Gasteiger partial charge on any atom is -0.385 e. The number of likely N-dealkylation sites (tertiary alicyclic amines) is 1. The number of aliphatic hydroxyl groups is 1. The van der Waals surface area contributed by atoms with Gasteiger partial charge in [0, 0.05) is 38.0 Å². The number of nitrogens with one attached hydrogen (secondary N) is 1. The summed E-state index contributed by atoms with van der Waals surface area (Å²) in [5.41, 5.74) is 0.845. The predicted molar refractivity (Wildman–Crippen MR) is 138 cm³/mol. The Kier molecular flexibility index (Phi) is 8.03. The van der Waals surface area contributed by atoms with Crippen molar-refractivity contribution < 1.29 is 27.9 Å². The molecule has 0 aliphatic carbocycles. The second-order valence-corrected chi connectivity index (χ2v) is 9.36. The van der Waals surface area contributed by atoms with Crippen molar-refractivity contribution in [2.75, 3.05) is 24.5 Å². The number of hydrogen-bond donors (Lipinski definition) is 2. The molecule has 0 atom stereocenters. The second kappa shape index (κ2) is 11.1. The number of rotatable bonds is 4. The number of piperidine rings is 1. The molecule has 2 aliphatic heterocycles. The van der Waals surface area contributed by atoms with Gasteiger partial charge >= 0.3 is 12.2 Å². The number of fused-ring (bicyclic) bond motifs is 1. The van der Waals surface area contributed by atoms with E-state index in [0.29, 0.717) is 49.2 Å². The van der Waals surface area contributed by atoms with Crippen LogP contribution in [0.25, 0.3) is 10.9 Å². The number of amides is 3. The molecule has 202 valence electrons. The number of aromatic nitrogens is 1. The topological polar surface area (TPSA) is 85.8 Å². The summed E-state index contributed by atoms with van der Waals surface area (Å²) in [5.74, 6) is -0.311. The molecule has 3 aromatic rings. The van der Waals surface area contributed by atoms with Crippen molar-refractivity contribution in [2.24, 2.45) is 0 Å². The number of halogens is 3. The van der Waals surface area contributed by atoms with Gasteiger partial charge in [-0.3, -0.25) is 24.9 Å². The number of anilines is 1. The van der Waals surface area contributed by atoms with E-state index in [9.17, 15) is 27.9 Å². The average Bonchev–Trinajstić information content (AvgIpc) is 2.90. The van der Waals surface area contributed by atoms with Crippen LogP contribution in [-0.2, 0) is 23.1 Å². The van der Waals surface area contributed by atoms with Crippen molar-refractivity contribution in [1.29, 1.82) is 0 Å². The predicted octanol–water partition coefficient (Wildman–Crippen LogP) is 5.21. The molecule has 2 fully saturated rings. The lowest BCUT2D eigenvalue weighted by Crippen LogP contribution is -2.49. The number of carbonyl (C=O) groups is 2. The summed E-state index contributed by atoms with van der Waals surface area (Å²) in [7, 11) is 0. The van der Waals surface area contributed by atoms with Gasteiger partial charge in [-0.2, -0.15) is 13.2 Å². The van der Waals surface area contributed by atoms with E-state index in [1.807, 2.05) is 43.0 Å². The normalized spacial score (nSPS) is 18.1. The fourth-order valence-corrected chi connectivity index (χ4v) is 4.84. The summed E-state index contributed by atoms with van der Waals surface area (Å²) in [6.45, 7) is 5.71. The Hall–Kier alpha value is -3.50. The SMILES string of the molecule is CC.O=C1CCN(c2cnc3ccc(C4(O)CCN(Cc5cccc(C(F)(F)F)c5)CC4)cc3c2)C(=O)N1. The van der Waals surface area contributed by atoms with Crippen LogP contribution >= 0.6 is 0 Å². The average molecular weight is 529 g/mol. The maximum atomic E-state index is 13.0. The fourth-order valence-electron chi connectivity index (χ4n) is 4.84. The number of pyridine rings is 1. The Labute approximate surface area is 219 Å². The number of imide groups is 1. The molecule has 2 aromatic carbocycles. The van der Waals surface area contributed by atoms with Crippen LogP contribution in [-0.4, -0.2) is 46.6 Å². The second-order valence-electron chi connectivity index (χ2n) is 9.36. The van der Waals surface area contributed by atoms with Crippen LogP contribution in [0.2, 0.25) is 0 Å². The Balaban J connectivity index is 0.00000164. The first-order valence-corrected chi connectivity index (χ1v) is 12.7. The molecule has 0 unspecified atom stereocenters. The van der Waals surface area contributed by atoms with Crippen molar-refractivity contribution in [2.45, 2.75) is 51.4 Å². The molecule has 0 radical (unpaired) electrons. The minimum absolute atomic E-state index is 0.209. The highest BCUT2D eigenvalue weighted by atomic mass is 19.4. The van der Waals surface area contributed by atoms with Gasteiger partial charge in [-0.05, 0) is 48.2 Å². The highest BCUT2D eigenvalue weighted by Crippen LogP contribution is 2.36. The molecule has 2 N–H and O–H groups in total. The summed E-state index contributed by atoms with van der Waals surface area (Å²) in [6, 6.07) is 12.2. The summed E-state index contributed by atoms with van der Waals surface area (Å²) in [5, 5.41) is 14.5. The number of carbonyl (C=O) groups excluding carboxylic acids is 2. The van der Waals surface area contributed by atoms with Gasteiger partial charge in [-0.15, -0.1) is 0 Å². The number of hydrogen-bond acceptors (Lipinski definition) is 5. The quantitative estimate of drug-likeness (QED) is 0.486. The number of nitrogens with zero attached hydrogens (tertiary/aromatic N) is 3. The summed E-state index contributed by atoms with van der Waals surface area (Å²) in [6.07, 6.45) is -1.72. The molecule has 2 saturated heterocycles. The molecular formula is C28H31F3N4O3. The van der Waals surface area contributed by atoms with Crippen LogP contribution < -0.4 is 10.2 Å². The zero-order valence-electron chi connectivity index (χ0n) is 21.4. The van der Waals surface area contributed by atoms with E-state index in [0.717, 1.165) is 17.0 Å². The van der Waals surface area contributed by atoms with Crippen LogP contribution in [0, 0.1) is 0 Å². The van der Waals surface area contributed by atoms with Crippen LogP contribution in [0.15, 0.2) is 54.7 Å². The van der Waals surface area contributed by atoms with Crippen molar-refractivity contribution >= 4 is 28.5 Å². The third-order valence-corrected chi connectivity index (χ3v) is 6.91. The third kappa shape index (κ3) is 5.97. The van der Waals surface area contributed by atoms with Gasteiger partial charge in [0.2, 0.25) is 5.91 Å². The smallest absolute Gasteiger partial charge is 0.385 e. The lowest BCUT2D eigenvalue weighted by atomic mass is 9.83. The lowest BCUT2D eigenvalue weighted by Gasteiger charge is -2.38. The maximum Gasteiger partial charge on any atom is 0.416 e. The third-order valence-electron chi connectivity index (χ3n) is 6.91. The van der Waals surface area contributed by atoms with E-state index in [1.54, 1.807) is 12.3 Å². The van der Waals surface area contributed by atoms with Gasteiger partial charge in [-0.25, -0.2) is 4.79 Å². The molecule has 10 heteroatoms. The monoisotopic (exact) mass is 528 g/mol. The molecular weight excluding hydrogens is 497 g/mol. The van der Waals surface area contributed by atoms with Crippen LogP contribution in [0.1, 0.15) is 49.8 Å². The van der Waals surface area contributed by atoms with Gasteiger partial charge in [-0.1, -0.05) is 38.1 Å². The van der Waals surface area contributed by atoms with Crippen LogP contribution in [0.5, 0.6) is 0 Å². The van der Waals surface area contributed by atoms with Gasteiger partial charge < -0.3 is 5.11 Å². The Morgan fingerprint density at radius 1 is 1.03 bits per heavy atom. The van der Waals surface area contributed by atoms with Gasteiger partial charge in [0.1, 0.15) is 0 Å². The molecule has 0 saturated carbocycles. The Morgan fingerprint density at radius 2 is 1.76 bits per heavy atom. The van der Waals surface area contributed by atoms with Crippen molar-refractivity contribution in [3.8, 4) is 0 Å². The van der Waals surface area contributed by atoms with E-state index < -0.39 is 23.4 Å². The maximum absolute atomic E-state index is 13.0. The van der Waals surface area contributed by atoms with Crippen LogP contribution in [0.4, 0.5) is 23.7 Å². The molecule has 3 heterocycles. The van der Waals surface area contributed by atoms with Crippen molar-refractivity contribution in [3.63, 3.8) is 0 Å². The molecule has 5 rings (SSSR count). The van der Waals surface area contributed by atoms with Crippen LogP contribution in [0.3, 0.4) is 0 Å². The number of urea groups is 1. The molecule has 1 aromatic heterocycles. The van der Waals surface area contributed by atoms with Crippen molar-refractivity contribution in [3.05, 3.63) is 71.4 Å². The molecule has 2 aliphatic rings. The van der Waals surface area contributed by atoms with Gasteiger partial charge in [0.15, 0.2) is 0 Å². The highest BCUT2D eigenvalue weighted by molar-refractivity contribution is 6.06. The largest absolute Gasteiger partial charge is 0.416 e. The standard InChI is InChI=1S/C26H25F3N4O3.C2H6/c27-26(28,29)20-3-1-2-17(12-20)16-32-10-7-25(36,8-11-32)19-4-5-22-18(13-19)14-21(15-30-22)33-9-6-23(34)31-24(33)35;1-2/h1-5,12-15,36H,6-11,16H2,(H,31,34,35);1-2H3. The minimum atomic E-state index is -4.38. The number of alkyl halides is 3. The first-order chi connectivity index (χ1) is 18.1. The molecule has 3 amide bonds. The van der Waals surface area contributed by atoms with Gasteiger partial charge in [0.05, 0.1) is 28.6 Å². The van der Waals surface area contributed by atoms with E-state index >= 15 is 0 Å².